The summed E-state index contributed by atoms with van der Waals surface area (Å²) in [6, 6.07) is 4.31. The number of aromatic nitrogens is 2. The number of anilines is 1. The Kier molecular flexibility index (Phi) is 4.97. The fourth-order valence-electron chi connectivity index (χ4n) is 3.40. The molecule has 24 heavy (non-hydrogen) atoms. The van der Waals surface area contributed by atoms with Gasteiger partial charge in [-0.1, -0.05) is 0 Å². The van der Waals surface area contributed by atoms with Crippen LogP contribution in [0.25, 0.3) is 0 Å². The van der Waals surface area contributed by atoms with E-state index >= 15 is 0 Å². The highest BCUT2D eigenvalue weighted by Crippen LogP contribution is 2.20. The van der Waals surface area contributed by atoms with Crippen LogP contribution >= 0.6 is 0 Å². The van der Waals surface area contributed by atoms with Crippen LogP contribution in [0.2, 0.25) is 0 Å². The number of carbonyl (C=O) groups excluding carboxylic acids is 2. The highest BCUT2D eigenvalue weighted by molar-refractivity contribution is 5.85. The Morgan fingerprint density at radius 2 is 2.00 bits per heavy atom. The quantitative estimate of drug-likeness (QED) is 0.817. The van der Waals surface area contributed by atoms with Crippen molar-refractivity contribution >= 4 is 17.6 Å². The number of piperidine rings is 1. The van der Waals surface area contributed by atoms with Crippen molar-refractivity contribution in [3.8, 4) is 0 Å². The first-order valence-electron chi connectivity index (χ1n) is 8.63. The molecule has 0 atom stereocenters. The molecule has 0 aliphatic carbocycles. The molecule has 3 rings (SSSR count). The van der Waals surface area contributed by atoms with Crippen molar-refractivity contribution in [2.75, 3.05) is 38.1 Å². The Morgan fingerprint density at radius 1 is 1.25 bits per heavy atom. The molecule has 7 nitrogen and oxygen atoms in total. The highest BCUT2D eigenvalue weighted by Gasteiger charge is 2.29. The molecule has 7 heteroatoms. The number of amides is 2. The summed E-state index contributed by atoms with van der Waals surface area (Å²) >= 11 is 0. The van der Waals surface area contributed by atoms with Gasteiger partial charge in [-0.3, -0.25) is 9.59 Å². The van der Waals surface area contributed by atoms with Gasteiger partial charge in [0.25, 0.3) is 0 Å². The summed E-state index contributed by atoms with van der Waals surface area (Å²) in [6.07, 6.45) is 3.27. The van der Waals surface area contributed by atoms with Crippen molar-refractivity contribution in [1.82, 2.24) is 20.0 Å². The van der Waals surface area contributed by atoms with Crippen LogP contribution in [-0.2, 0) is 9.59 Å². The van der Waals surface area contributed by atoms with Gasteiger partial charge in [-0.15, -0.1) is 5.10 Å². The van der Waals surface area contributed by atoms with Gasteiger partial charge >= 0.3 is 0 Å². The second-order valence-corrected chi connectivity index (χ2v) is 6.67. The van der Waals surface area contributed by atoms with Gasteiger partial charge in [0.15, 0.2) is 5.82 Å². The van der Waals surface area contributed by atoms with E-state index < -0.39 is 0 Å². The lowest BCUT2D eigenvalue weighted by atomic mass is 10.0. The van der Waals surface area contributed by atoms with E-state index in [1.165, 1.54) is 0 Å². The summed E-state index contributed by atoms with van der Waals surface area (Å²) in [4.78, 5) is 29.7. The van der Waals surface area contributed by atoms with Crippen molar-refractivity contribution in [3.63, 3.8) is 0 Å². The Balaban J connectivity index is 1.50. The minimum atomic E-state index is 0.0708. The molecule has 130 valence electrons. The van der Waals surface area contributed by atoms with Crippen LogP contribution in [0.1, 0.15) is 31.4 Å². The van der Waals surface area contributed by atoms with E-state index in [0.717, 1.165) is 50.4 Å². The smallest absolute Gasteiger partial charge is 0.242 e. The molecule has 0 saturated carbocycles. The molecule has 3 heterocycles. The number of rotatable bonds is 4. The zero-order valence-electron chi connectivity index (χ0n) is 14.4. The van der Waals surface area contributed by atoms with Crippen molar-refractivity contribution in [2.24, 2.45) is 0 Å². The molecule has 0 radical (unpaired) electrons. The van der Waals surface area contributed by atoms with E-state index in [1.807, 2.05) is 31.0 Å². The zero-order chi connectivity index (χ0) is 17.1. The van der Waals surface area contributed by atoms with E-state index in [2.05, 4.69) is 15.1 Å². The Morgan fingerprint density at radius 3 is 2.58 bits per heavy atom. The predicted octanol–water partition coefficient (Wildman–Crippen LogP) is 0.835. The molecule has 1 aromatic rings. The van der Waals surface area contributed by atoms with Crippen LogP contribution in [0, 0.1) is 6.92 Å². The Labute approximate surface area is 142 Å². The van der Waals surface area contributed by atoms with Gasteiger partial charge in [-0.2, -0.15) is 5.10 Å². The summed E-state index contributed by atoms with van der Waals surface area (Å²) in [5.41, 5.74) is 0.907. The highest BCUT2D eigenvalue weighted by atomic mass is 16.2. The molecule has 0 unspecified atom stereocenters. The molecule has 2 aliphatic rings. The summed E-state index contributed by atoms with van der Waals surface area (Å²) in [5, 5.41) is 8.34. The van der Waals surface area contributed by atoms with Gasteiger partial charge in [0, 0.05) is 39.1 Å². The van der Waals surface area contributed by atoms with Gasteiger partial charge in [0.1, 0.15) is 0 Å². The maximum Gasteiger partial charge on any atom is 0.242 e. The minimum absolute atomic E-state index is 0.0708. The first-order valence-corrected chi connectivity index (χ1v) is 8.63. The average Bonchev–Trinajstić information content (AvgIpc) is 3.00. The fourth-order valence-corrected chi connectivity index (χ4v) is 3.40. The number of carbonyl (C=O) groups is 2. The lowest BCUT2D eigenvalue weighted by molar-refractivity contribution is -0.139. The molecule has 2 saturated heterocycles. The molecule has 0 aromatic carbocycles. The van der Waals surface area contributed by atoms with Crippen molar-refractivity contribution in [2.45, 2.75) is 38.6 Å². The monoisotopic (exact) mass is 331 g/mol. The van der Waals surface area contributed by atoms with Crippen LogP contribution in [0.3, 0.4) is 0 Å². The van der Waals surface area contributed by atoms with Crippen LogP contribution in [0.5, 0.6) is 0 Å². The number of hydrogen-bond donors (Lipinski definition) is 0. The summed E-state index contributed by atoms with van der Waals surface area (Å²) in [6.45, 7) is 4.34. The molecule has 2 fully saturated rings. The number of nitrogens with zero attached hydrogens (tertiary/aromatic N) is 5. The average molecular weight is 331 g/mol. The molecular weight excluding hydrogens is 306 g/mol. The first kappa shape index (κ1) is 16.7. The normalized spacial score (nSPS) is 19.0. The Hall–Kier alpha value is -2.18. The maximum atomic E-state index is 12.4. The molecule has 0 spiro atoms. The van der Waals surface area contributed by atoms with Crippen molar-refractivity contribution in [1.29, 1.82) is 0 Å². The van der Waals surface area contributed by atoms with Crippen LogP contribution in [0.15, 0.2) is 12.1 Å². The SMILES string of the molecule is Cc1ccc(N(C)C2CCN(C(=O)CN3CCCC3=O)CC2)nn1. The maximum absolute atomic E-state index is 12.4. The third-order valence-corrected chi connectivity index (χ3v) is 5.01. The number of aryl methyl sites for hydroxylation is 1. The Bertz CT molecular complexity index is 596. The second kappa shape index (κ2) is 7.15. The summed E-state index contributed by atoms with van der Waals surface area (Å²) in [7, 11) is 2.03. The number of hydrogen-bond acceptors (Lipinski definition) is 5. The molecule has 0 N–H and O–H groups in total. The topological polar surface area (TPSA) is 69.6 Å². The summed E-state index contributed by atoms with van der Waals surface area (Å²) in [5.74, 6) is 1.05. The third kappa shape index (κ3) is 3.66. The van der Waals surface area contributed by atoms with E-state index in [9.17, 15) is 9.59 Å². The predicted molar refractivity (Wildman–Crippen MR) is 90.6 cm³/mol. The minimum Gasteiger partial charge on any atom is -0.355 e. The van der Waals surface area contributed by atoms with Crippen molar-refractivity contribution in [3.05, 3.63) is 17.8 Å². The number of likely N-dealkylation sites (tertiary alicyclic amines) is 2. The second-order valence-electron chi connectivity index (χ2n) is 6.67. The van der Waals surface area contributed by atoms with Gasteiger partial charge in [0.2, 0.25) is 11.8 Å². The lowest BCUT2D eigenvalue weighted by Crippen LogP contribution is -2.48. The van der Waals surface area contributed by atoms with E-state index in [-0.39, 0.29) is 18.4 Å². The third-order valence-electron chi connectivity index (χ3n) is 5.01. The fraction of sp³-hybridized carbons (Fsp3) is 0.647. The van der Waals surface area contributed by atoms with E-state index in [4.69, 9.17) is 0 Å². The molecular formula is C17H25N5O2. The zero-order valence-corrected chi connectivity index (χ0v) is 14.4. The van der Waals surface area contributed by atoms with Gasteiger partial charge in [-0.25, -0.2) is 0 Å². The van der Waals surface area contributed by atoms with Crippen LogP contribution < -0.4 is 4.90 Å². The van der Waals surface area contributed by atoms with Gasteiger partial charge in [-0.05, 0) is 38.3 Å². The van der Waals surface area contributed by atoms with Gasteiger partial charge < -0.3 is 14.7 Å². The van der Waals surface area contributed by atoms with Crippen LogP contribution in [-0.4, -0.2) is 71.1 Å². The molecule has 1 aromatic heterocycles. The molecule has 0 bridgehead atoms. The van der Waals surface area contributed by atoms with Crippen LogP contribution in [0.4, 0.5) is 5.82 Å². The van der Waals surface area contributed by atoms with E-state index in [0.29, 0.717) is 12.5 Å². The molecule has 2 amide bonds. The first-order chi connectivity index (χ1) is 11.5. The lowest BCUT2D eigenvalue weighted by Gasteiger charge is -2.37. The largest absolute Gasteiger partial charge is 0.355 e. The van der Waals surface area contributed by atoms with Crippen molar-refractivity contribution < 1.29 is 9.59 Å². The standard InChI is InChI=1S/C17H25N5O2/c1-13-5-6-15(19-18-13)20(2)14-7-10-21(11-8-14)17(24)12-22-9-3-4-16(22)23/h5-6,14H,3-4,7-12H2,1-2H3. The molecule has 2 aliphatic heterocycles. The van der Waals surface area contributed by atoms with E-state index in [1.54, 1.807) is 4.90 Å². The van der Waals surface area contributed by atoms with Gasteiger partial charge in [0.05, 0.1) is 12.2 Å². The summed E-state index contributed by atoms with van der Waals surface area (Å²) < 4.78 is 0.